The summed E-state index contributed by atoms with van der Waals surface area (Å²) >= 11 is 0. The van der Waals surface area contributed by atoms with Crippen molar-refractivity contribution in [2.24, 2.45) is 11.5 Å². The summed E-state index contributed by atoms with van der Waals surface area (Å²) in [6, 6.07) is 25.4. The smallest absolute Gasteiger partial charge is 0.251 e. The molecule has 11 heteroatoms. The number of carbonyl (C=O) groups excluding carboxylic acids is 2. The maximum absolute atomic E-state index is 13.1. The Morgan fingerprint density at radius 1 is 0.956 bits per heavy atom. The number of nitrogens with one attached hydrogen (secondary N) is 3. The summed E-state index contributed by atoms with van der Waals surface area (Å²) in [5, 5.41) is 13.1. The molecule has 2 amide bonds. The van der Waals surface area contributed by atoms with Crippen molar-refractivity contribution in [1.82, 2.24) is 25.2 Å². The zero-order valence-electron chi connectivity index (χ0n) is 25.0. The Balaban J connectivity index is 1.49. The molecule has 0 unspecified atom stereocenters. The Labute approximate surface area is 261 Å². The minimum Gasteiger partial charge on any atom is -0.457 e. The lowest BCUT2D eigenvalue weighted by Gasteiger charge is -2.20. The van der Waals surface area contributed by atoms with Gasteiger partial charge in [-0.25, -0.2) is 4.98 Å². The number of hydrogen-bond donors (Lipinski definition) is 5. The number of hydrogen-bond acceptors (Lipinski definition) is 6. The molecule has 5 aromatic rings. The number of amides is 2. The molecule has 0 aliphatic heterocycles. The molecule has 0 spiro atoms. The lowest BCUT2D eigenvalue weighted by Crippen LogP contribution is -2.32. The minimum absolute atomic E-state index is 0.143. The van der Waals surface area contributed by atoms with Gasteiger partial charge in [0.2, 0.25) is 5.91 Å². The van der Waals surface area contributed by atoms with Crippen molar-refractivity contribution in [3.05, 3.63) is 108 Å². The molecule has 0 aliphatic carbocycles. The van der Waals surface area contributed by atoms with Gasteiger partial charge < -0.3 is 31.4 Å². The van der Waals surface area contributed by atoms with Gasteiger partial charge in [0, 0.05) is 42.5 Å². The zero-order chi connectivity index (χ0) is 31.8. The van der Waals surface area contributed by atoms with Crippen LogP contribution in [0.1, 0.15) is 40.5 Å². The zero-order valence-corrected chi connectivity index (χ0v) is 25.0. The molecule has 0 aliphatic rings. The van der Waals surface area contributed by atoms with Gasteiger partial charge >= 0.3 is 0 Å². The van der Waals surface area contributed by atoms with Crippen LogP contribution >= 0.6 is 0 Å². The van der Waals surface area contributed by atoms with E-state index >= 15 is 0 Å². The molecule has 0 saturated carbocycles. The van der Waals surface area contributed by atoms with Gasteiger partial charge in [-0.1, -0.05) is 36.4 Å². The molecule has 45 heavy (non-hydrogen) atoms. The van der Waals surface area contributed by atoms with Crippen molar-refractivity contribution >= 4 is 28.8 Å². The fourth-order valence-corrected chi connectivity index (χ4v) is 5.12. The maximum atomic E-state index is 13.1. The average Bonchev–Trinajstić information content (AvgIpc) is 3.41. The predicted octanol–water partition coefficient (Wildman–Crippen LogP) is 4.46. The second-order valence-electron chi connectivity index (χ2n) is 10.6. The van der Waals surface area contributed by atoms with Gasteiger partial charge in [0.05, 0.1) is 11.0 Å². The van der Waals surface area contributed by atoms with Crippen LogP contribution < -0.4 is 26.8 Å². The van der Waals surface area contributed by atoms with E-state index in [4.69, 9.17) is 26.6 Å². The summed E-state index contributed by atoms with van der Waals surface area (Å²) in [4.78, 5) is 35.2. The van der Waals surface area contributed by atoms with Crippen LogP contribution in [0.3, 0.4) is 0 Å². The number of fused-ring (bicyclic) bond motifs is 1. The molecular formula is C34H36N8O3. The maximum Gasteiger partial charge on any atom is 0.251 e. The predicted molar refractivity (Wildman–Crippen MR) is 174 cm³/mol. The Kier molecular flexibility index (Phi) is 9.68. The molecule has 0 saturated heterocycles. The highest BCUT2D eigenvalue weighted by Gasteiger charge is 2.25. The number of nitrogens with two attached hydrogens (primary N) is 2. The first-order chi connectivity index (χ1) is 21.8. The SMILES string of the molecule is Cc1ccccc1Oc1cccc(-c2nc3cc(C(=O)NCCc4ccccn4)ccc3n2[C@@H](CCCNC(=N)N)C(N)=O)c1. The fraction of sp³-hybridized carbons (Fsp3) is 0.206. The van der Waals surface area contributed by atoms with Gasteiger partial charge in [0.15, 0.2) is 5.96 Å². The fourth-order valence-electron chi connectivity index (χ4n) is 5.12. The highest BCUT2D eigenvalue weighted by atomic mass is 16.5. The van der Waals surface area contributed by atoms with Gasteiger partial charge in [-0.05, 0) is 73.9 Å². The van der Waals surface area contributed by atoms with E-state index in [1.807, 2.05) is 78.2 Å². The lowest BCUT2D eigenvalue weighted by atomic mass is 10.1. The van der Waals surface area contributed by atoms with Crippen molar-refractivity contribution in [2.75, 3.05) is 13.1 Å². The van der Waals surface area contributed by atoms with Crippen molar-refractivity contribution in [3.63, 3.8) is 0 Å². The van der Waals surface area contributed by atoms with Gasteiger partial charge in [-0.15, -0.1) is 0 Å². The third-order valence-corrected chi connectivity index (χ3v) is 7.37. The molecule has 1 atom stereocenters. The van der Waals surface area contributed by atoms with E-state index in [1.165, 1.54) is 0 Å². The van der Waals surface area contributed by atoms with Gasteiger partial charge in [0.1, 0.15) is 23.4 Å². The molecule has 5 rings (SSSR count). The highest BCUT2D eigenvalue weighted by molar-refractivity contribution is 5.98. The molecule has 0 radical (unpaired) electrons. The number of aryl methyl sites for hydroxylation is 1. The number of primary amides is 1. The van der Waals surface area contributed by atoms with Crippen molar-refractivity contribution < 1.29 is 14.3 Å². The molecule has 0 bridgehead atoms. The second kappa shape index (κ2) is 14.2. The summed E-state index contributed by atoms with van der Waals surface area (Å²) in [5.74, 6) is 0.942. The third kappa shape index (κ3) is 7.63. The number of para-hydroxylation sites is 1. The molecule has 11 nitrogen and oxygen atoms in total. The first kappa shape index (κ1) is 30.7. The van der Waals surface area contributed by atoms with E-state index in [1.54, 1.807) is 24.4 Å². The van der Waals surface area contributed by atoms with E-state index in [2.05, 4.69) is 15.6 Å². The number of pyridine rings is 1. The van der Waals surface area contributed by atoms with E-state index in [0.29, 0.717) is 66.1 Å². The normalized spacial score (nSPS) is 11.6. The Morgan fingerprint density at radius 2 is 1.78 bits per heavy atom. The van der Waals surface area contributed by atoms with Crippen LogP contribution in [0.15, 0.2) is 91.1 Å². The van der Waals surface area contributed by atoms with Crippen LogP contribution in [0.5, 0.6) is 11.5 Å². The number of rotatable bonds is 13. The highest BCUT2D eigenvalue weighted by Crippen LogP contribution is 2.34. The Hall–Kier alpha value is -5.71. The second-order valence-corrected chi connectivity index (χ2v) is 10.6. The van der Waals surface area contributed by atoms with Crippen LogP contribution in [-0.4, -0.2) is 45.4 Å². The van der Waals surface area contributed by atoms with Crippen molar-refractivity contribution in [1.29, 1.82) is 5.41 Å². The van der Waals surface area contributed by atoms with Crippen LogP contribution in [-0.2, 0) is 11.2 Å². The molecule has 230 valence electrons. The summed E-state index contributed by atoms with van der Waals surface area (Å²) in [5.41, 5.74) is 15.6. The lowest BCUT2D eigenvalue weighted by molar-refractivity contribution is -0.121. The molecule has 2 heterocycles. The van der Waals surface area contributed by atoms with E-state index < -0.39 is 11.9 Å². The number of nitrogens with zero attached hydrogens (tertiary/aromatic N) is 3. The number of benzene rings is 3. The Morgan fingerprint density at radius 3 is 2.53 bits per heavy atom. The number of aromatic nitrogens is 3. The quantitative estimate of drug-likeness (QED) is 0.0749. The average molecular weight is 605 g/mol. The minimum atomic E-state index is -0.752. The molecule has 3 aromatic carbocycles. The van der Waals surface area contributed by atoms with Gasteiger partial charge in [-0.3, -0.25) is 20.0 Å². The van der Waals surface area contributed by atoms with Gasteiger partial charge in [0.25, 0.3) is 5.91 Å². The number of ether oxygens (including phenoxy) is 1. The van der Waals surface area contributed by atoms with Gasteiger partial charge in [-0.2, -0.15) is 0 Å². The van der Waals surface area contributed by atoms with E-state index in [9.17, 15) is 9.59 Å². The van der Waals surface area contributed by atoms with Crippen LogP contribution in [0.25, 0.3) is 22.4 Å². The summed E-state index contributed by atoms with van der Waals surface area (Å²) in [6.07, 6.45) is 3.23. The standard InChI is InChI=1S/C34H36N8O3/c1-22-8-2-3-13-30(22)45-26-11-6-9-23(20-26)32-41-27-21-24(33(44)39-19-16-25-10-4-5-17-38-25)14-15-28(27)42(32)29(31(35)43)12-7-18-40-34(36)37/h2-6,8-11,13-15,17,20-21,29H,7,12,16,18-19H2,1H3,(H2,35,43)(H,39,44)(H4,36,37,40)/t29-/m0/s1. The van der Waals surface area contributed by atoms with E-state index in [-0.39, 0.29) is 11.9 Å². The van der Waals surface area contributed by atoms with Crippen molar-refractivity contribution in [2.45, 2.75) is 32.2 Å². The van der Waals surface area contributed by atoms with Crippen LogP contribution in [0.4, 0.5) is 0 Å². The summed E-state index contributed by atoms with van der Waals surface area (Å²) in [6.45, 7) is 2.81. The first-order valence-corrected chi connectivity index (χ1v) is 14.7. The first-order valence-electron chi connectivity index (χ1n) is 14.7. The third-order valence-electron chi connectivity index (χ3n) is 7.37. The monoisotopic (exact) mass is 604 g/mol. The topological polar surface area (TPSA) is 174 Å². The molecule has 2 aromatic heterocycles. The van der Waals surface area contributed by atoms with Crippen molar-refractivity contribution in [3.8, 4) is 22.9 Å². The summed E-state index contributed by atoms with van der Waals surface area (Å²) < 4.78 is 8.01. The number of carbonyl (C=O) groups is 2. The molecule has 7 N–H and O–H groups in total. The van der Waals surface area contributed by atoms with E-state index in [0.717, 1.165) is 17.0 Å². The molecular weight excluding hydrogens is 568 g/mol. The number of guanidine groups is 1. The number of imidazole rings is 1. The largest absolute Gasteiger partial charge is 0.457 e. The van der Waals surface area contributed by atoms with Crippen LogP contribution in [0.2, 0.25) is 0 Å². The summed E-state index contributed by atoms with van der Waals surface area (Å²) in [7, 11) is 0. The molecule has 0 fully saturated rings. The Bertz CT molecular complexity index is 1820. The van der Waals surface area contributed by atoms with Crippen LogP contribution in [0, 0.1) is 12.3 Å².